The third-order valence-electron chi connectivity index (χ3n) is 4.68. The molecule has 2 aromatic carbocycles. The van der Waals surface area contributed by atoms with Crippen LogP contribution >= 0.6 is 24.8 Å². The van der Waals surface area contributed by atoms with Crippen LogP contribution in [-0.4, -0.2) is 44.6 Å². The number of hydrogen-bond donors (Lipinski definition) is 1. The molecule has 0 amide bonds. The molecule has 2 aromatic rings. The van der Waals surface area contributed by atoms with E-state index in [1.54, 1.807) is 19.2 Å². The summed E-state index contributed by atoms with van der Waals surface area (Å²) in [5.74, 6) is 0.600. The molecule has 0 unspecified atom stereocenters. The highest BCUT2D eigenvalue weighted by atomic mass is 35.5. The van der Waals surface area contributed by atoms with E-state index in [0.717, 1.165) is 48.6 Å². The van der Waals surface area contributed by atoms with Crippen molar-refractivity contribution in [3.05, 3.63) is 59.2 Å². The summed E-state index contributed by atoms with van der Waals surface area (Å²) in [6.45, 7) is 5.45. The van der Waals surface area contributed by atoms with Gasteiger partial charge in [-0.2, -0.15) is 0 Å². The van der Waals surface area contributed by atoms with Crippen LogP contribution in [0.1, 0.15) is 22.7 Å². The van der Waals surface area contributed by atoms with Crippen molar-refractivity contribution in [1.29, 1.82) is 0 Å². The molecule has 1 atom stereocenters. The van der Waals surface area contributed by atoms with E-state index in [4.69, 9.17) is 4.74 Å². The summed E-state index contributed by atoms with van der Waals surface area (Å²) in [7, 11) is 1.63. The molecule has 29 heavy (non-hydrogen) atoms. The van der Waals surface area contributed by atoms with E-state index in [2.05, 4.69) is 21.0 Å². The number of aryl methyl sites for hydroxylation is 1. The van der Waals surface area contributed by atoms with E-state index in [9.17, 15) is 13.2 Å². The molecule has 0 radical (unpaired) electrons. The predicted molar refractivity (Wildman–Crippen MR) is 112 cm³/mol. The number of alkyl halides is 3. The fraction of sp³-hybridized carbons (Fsp3) is 0.400. The number of rotatable bonds is 5. The maximum absolute atomic E-state index is 12.4. The van der Waals surface area contributed by atoms with Crippen LogP contribution in [0.15, 0.2) is 42.5 Å². The average molecular weight is 453 g/mol. The SMILES string of the molecule is COc1ccc([C@H](c2ccc(OC(F)(F)F)cc2)N2CCNCC2)cc1C.Cl.Cl. The summed E-state index contributed by atoms with van der Waals surface area (Å²) < 4.78 is 46.6. The lowest BCUT2D eigenvalue weighted by Crippen LogP contribution is -2.45. The number of nitrogens with zero attached hydrogens (tertiary/aromatic N) is 1. The van der Waals surface area contributed by atoms with Gasteiger partial charge >= 0.3 is 6.36 Å². The van der Waals surface area contributed by atoms with Gasteiger partial charge in [-0.3, -0.25) is 4.90 Å². The largest absolute Gasteiger partial charge is 0.573 e. The van der Waals surface area contributed by atoms with Gasteiger partial charge in [0.05, 0.1) is 13.2 Å². The fourth-order valence-corrected chi connectivity index (χ4v) is 3.48. The summed E-state index contributed by atoms with van der Waals surface area (Å²) in [6.07, 6.45) is -4.69. The van der Waals surface area contributed by atoms with E-state index >= 15 is 0 Å². The van der Waals surface area contributed by atoms with Crippen LogP contribution in [-0.2, 0) is 0 Å². The molecule has 1 aliphatic heterocycles. The molecule has 1 N–H and O–H groups in total. The van der Waals surface area contributed by atoms with Crippen molar-refractivity contribution in [3.63, 3.8) is 0 Å². The molecular formula is C20H25Cl2F3N2O2. The molecule has 0 bridgehead atoms. The molecule has 3 rings (SSSR count). The number of benzene rings is 2. The minimum atomic E-state index is -4.69. The molecule has 0 saturated carbocycles. The normalized spacial score (nSPS) is 15.6. The van der Waals surface area contributed by atoms with Crippen molar-refractivity contribution < 1.29 is 22.6 Å². The number of methoxy groups -OCH3 is 1. The van der Waals surface area contributed by atoms with Gasteiger partial charge in [0, 0.05) is 26.2 Å². The smallest absolute Gasteiger partial charge is 0.496 e. The standard InChI is InChI=1S/C20H23F3N2O2.2ClH/c1-14-13-16(5-8-18(14)26-2)19(25-11-9-24-10-12-25)15-3-6-17(7-4-15)27-20(21,22)23;;/h3-8,13,19,24H,9-12H2,1-2H3;2*1H/t19-;;/m0../s1. The van der Waals surface area contributed by atoms with Gasteiger partial charge in [0.25, 0.3) is 0 Å². The first-order valence-corrected chi connectivity index (χ1v) is 8.82. The maximum atomic E-state index is 12.4. The summed E-state index contributed by atoms with van der Waals surface area (Å²) in [6, 6.07) is 12.1. The fourth-order valence-electron chi connectivity index (χ4n) is 3.48. The first kappa shape index (κ1) is 25.4. The number of ether oxygens (including phenoxy) is 2. The van der Waals surface area contributed by atoms with Crippen molar-refractivity contribution in [1.82, 2.24) is 10.2 Å². The number of hydrogen-bond acceptors (Lipinski definition) is 4. The van der Waals surface area contributed by atoms with Gasteiger partial charge in [0.2, 0.25) is 0 Å². The molecule has 9 heteroatoms. The van der Waals surface area contributed by atoms with Gasteiger partial charge in [-0.05, 0) is 41.8 Å². The van der Waals surface area contributed by atoms with Crippen molar-refractivity contribution in [2.75, 3.05) is 33.3 Å². The molecule has 1 fully saturated rings. The molecule has 4 nitrogen and oxygen atoms in total. The van der Waals surface area contributed by atoms with Crippen molar-refractivity contribution in [2.45, 2.75) is 19.3 Å². The molecule has 0 aromatic heterocycles. The Kier molecular flexibility index (Phi) is 9.55. The van der Waals surface area contributed by atoms with Gasteiger partial charge in [-0.15, -0.1) is 38.0 Å². The van der Waals surface area contributed by atoms with E-state index in [0.29, 0.717) is 0 Å². The zero-order chi connectivity index (χ0) is 19.4. The van der Waals surface area contributed by atoms with Crippen molar-refractivity contribution >= 4 is 24.8 Å². The second-order valence-electron chi connectivity index (χ2n) is 6.53. The van der Waals surface area contributed by atoms with Gasteiger partial charge in [-0.25, -0.2) is 0 Å². The van der Waals surface area contributed by atoms with Crippen LogP contribution < -0.4 is 14.8 Å². The summed E-state index contributed by atoms with van der Waals surface area (Å²) >= 11 is 0. The van der Waals surface area contributed by atoms with Crippen LogP contribution in [0.25, 0.3) is 0 Å². The molecular weight excluding hydrogens is 428 g/mol. The second kappa shape index (κ2) is 10.9. The molecule has 0 spiro atoms. The quantitative estimate of drug-likeness (QED) is 0.710. The topological polar surface area (TPSA) is 33.7 Å². The third-order valence-corrected chi connectivity index (χ3v) is 4.68. The van der Waals surface area contributed by atoms with Gasteiger partial charge in [-0.1, -0.05) is 24.3 Å². The third kappa shape index (κ3) is 6.67. The average Bonchev–Trinajstić information content (AvgIpc) is 2.63. The Bertz CT molecular complexity index is 767. The summed E-state index contributed by atoms with van der Waals surface area (Å²) in [5.41, 5.74) is 3.03. The van der Waals surface area contributed by atoms with Gasteiger partial charge < -0.3 is 14.8 Å². The number of halogens is 5. The van der Waals surface area contributed by atoms with Gasteiger partial charge in [0.1, 0.15) is 11.5 Å². The highest BCUT2D eigenvalue weighted by Gasteiger charge is 2.31. The van der Waals surface area contributed by atoms with Crippen LogP contribution in [0.5, 0.6) is 11.5 Å². The first-order valence-electron chi connectivity index (χ1n) is 8.82. The Morgan fingerprint density at radius 1 is 0.966 bits per heavy atom. The van der Waals surface area contributed by atoms with Crippen LogP contribution in [0.2, 0.25) is 0 Å². The zero-order valence-electron chi connectivity index (χ0n) is 16.2. The first-order chi connectivity index (χ1) is 12.9. The van der Waals surface area contributed by atoms with E-state index in [-0.39, 0.29) is 36.6 Å². The molecule has 1 heterocycles. The number of piperazine rings is 1. The highest BCUT2D eigenvalue weighted by molar-refractivity contribution is 5.85. The minimum Gasteiger partial charge on any atom is -0.496 e. The zero-order valence-corrected chi connectivity index (χ0v) is 17.8. The van der Waals surface area contributed by atoms with Crippen LogP contribution in [0.3, 0.4) is 0 Å². The van der Waals surface area contributed by atoms with E-state index in [1.807, 2.05) is 19.1 Å². The summed E-state index contributed by atoms with van der Waals surface area (Å²) in [4.78, 5) is 2.33. The minimum absolute atomic E-state index is 0. The lowest BCUT2D eigenvalue weighted by atomic mass is 9.95. The molecule has 1 aliphatic rings. The summed E-state index contributed by atoms with van der Waals surface area (Å²) in [5, 5.41) is 3.33. The Morgan fingerprint density at radius 3 is 2.07 bits per heavy atom. The molecule has 162 valence electrons. The Morgan fingerprint density at radius 2 is 1.55 bits per heavy atom. The van der Waals surface area contributed by atoms with E-state index < -0.39 is 6.36 Å². The molecule has 1 saturated heterocycles. The maximum Gasteiger partial charge on any atom is 0.573 e. The van der Waals surface area contributed by atoms with E-state index in [1.165, 1.54) is 12.1 Å². The monoisotopic (exact) mass is 452 g/mol. The van der Waals surface area contributed by atoms with Crippen molar-refractivity contribution in [3.8, 4) is 11.5 Å². The van der Waals surface area contributed by atoms with Gasteiger partial charge in [0.15, 0.2) is 0 Å². The highest BCUT2D eigenvalue weighted by Crippen LogP contribution is 2.33. The second-order valence-corrected chi connectivity index (χ2v) is 6.53. The van der Waals surface area contributed by atoms with Crippen molar-refractivity contribution in [2.24, 2.45) is 0 Å². The van der Waals surface area contributed by atoms with Crippen LogP contribution in [0, 0.1) is 6.92 Å². The van der Waals surface area contributed by atoms with Crippen LogP contribution in [0.4, 0.5) is 13.2 Å². The lowest BCUT2D eigenvalue weighted by Gasteiger charge is -2.36. The predicted octanol–water partition coefficient (Wildman–Crippen LogP) is 4.74. The lowest BCUT2D eigenvalue weighted by molar-refractivity contribution is -0.274. The Hall–Kier alpha value is -1.67. The Balaban J connectivity index is 0.00000210. The molecule has 0 aliphatic carbocycles. The Labute approximate surface area is 181 Å². The number of nitrogens with one attached hydrogen (secondary N) is 1.